The summed E-state index contributed by atoms with van der Waals surface area (Å²) in [5, 5.41) is 27.3. The molecule has 6 aromatic carbocycles. The fraction of sp³-hybridized carbons (Fsp3) is 0.222. The van der Waals surface area contributed by atoms with E-state index < -0.39 is 22.8 Å². The van der Waals surface area contributed by atoms with E-state index in [1.165, 1.54) is 43.1 Å². The van der Waals surface area contributed by atoms with Crippen LogP contribution in [0.2, 0.25) is 0 Å². The van der Waals surface area contributed by atoms with Gasteiger partial charge in [0.2, 0.25) is 0 Å². The molecule has 0 atom stereocenters. The van der Waals surface area contributed by atoms with Crippen LogP contribution in [0, 0.1) is 10.8 Å². The first-order chi connectivity index (χ1) is 18.8. The third-order valence-electron chi connectivity index (χ3n) is 6.33. The van der Waals surface area contributed by atoms with Crippen LogP contribution in [0.4, 0.5) is 0 Å². The molecule has 6 aromatic rings. The van der Waals surface area contributed by atoms with Crippen LogP contribution in [0.25, 0.3) is 43.1 Å². The molecule has 0 radical (unpaired) electrons. The first-order valence-electron chi connectivity index (χ1n) is 13.3. The Morgan fingerprint density at radius 3 is 0.805 bits per heavy atom. The second kappa shape index (κ2) is 14.3. The van der Waals surface area contributed by atoms with Gasteiger partial charge in [0, 0.05) is 0 Å². The zero-order valence-corrected chi connectivity index (χ0v) is 26.2. The smallest absolute Gasteiger partial charge is 0.481 e. The van der Waals surface area contributed by atoms with E-state index in [2.05, 4.69) is 109 Å². The minimum absolute atomic E-state index is 0. The molecule has 0 bridgehead atoms. The number of benzene rings is 4. The van der Waals surface area contributed by atoms with Crippen LogP contribution in [-0.2, 0) is 31.3 Å². The number of hydrogen-bond acceptors (Lipinski definition) is 2. The number of carboxylic acid groups (broad SMARTS) is 2. The minimum Gasteiger partial charge on any atom is -0.481 e. The predicted octanol–water partition coefficient (Wildman–Crippen LogP) is 9.66. The van der Waals surface area contributed by atoms with Crippen molar-refractivity contribution >= 4 is 55.0 Å². The Bertz CT molecular complexity index is 1500. The third-order valence-corrected chi connectivity index (χ3v) is 6.33. The van der Waals surface area contributed by atoms with Crippen molar-refractivity contribution in [1.82, 2.24) is 0 Å². The number of rotatable bonds is 0. The van der Waals surface area contributed by atoms with E-state index in [4.69, 9.17) is 10.2 Å². The Labute approximate surface area is 257 Å². The van der Waals surface area contributed by atoms with E-state index in [-0.39, 0.29) is 21.7 Å². The molecule has 0 amide bonds. The van der Waals surface area contributed by atoms with Crippen molar-refractivity contribution in [3.63, 3.8) is 0 Å². The van der Waals surface area contributed by atoms with Crippen LogP contribution < -0.4 is 0 Å². The monoisotopic (exact) mass is 582 g/mol. The van der Waals surface area contributed by atoms with Crippen LogP contribution in [-0.4, -0.2) is 22.2 Å². The SMILES string of the molecule is CC(C)(C)C(=O)O.CC(C)(C)C(=O)O.[Ti+2].c1ccc2c(c1)[cH-]c1ccccc12.c1ccc2c(c1)[cH-]c1ccccc12. The molecule has 2 N–H and O–H groups in total. The van der Waals surface area contributed by atoms with Crippen molar-refractivity contribution < 1.29 is 41.5 Å². The largest absolute Gasteiger partial charge is 2.00 e. The van der Waals surface area contributed by atoms with Gasteiger partial charge in [-0.05, 0) is 41.5 Å². The van der Waals surface area contributed by atoms with Crippen molar-refractivity contribution in [3.05, 3.63) is 109 Å². The Balaban J connectivity index is 0.000000199. The second-order valence-electron chi connectivity index (χ2n) is 11.7. The summed E-state index contributed by atoms with van der Waals surface area (Å²) in [6.07, 6.45) is 0. The van der Waals surface area contributed by atoms with Gasteiger partial charge in [0.25, 0.3) is 0 Å². The molecule has 0 saturated carbocycles. The predicted molar refractivity (Wildman–Crippen MR) is 168 cm³/mol. The maximum atomic E-state index is 10.0. The zero-order chi connectivity index (χ0) is 29.5. The van der Waals surface area contributed by atoms with Gasteiger partial charge in [-0.15, -0.1) is 79.5 Å². The number of carboxylic acids is 2. The third kappa shape index (κ3) is 9.14. The van der Waals surface area contributed by atoms with Crippen LogP contribution >= 0.6 is 0 Å². The molecule has 0 heterocycles. The first-order valence-corrected chi connectivity index (χ1v) is 13.3. The summed E-state index contributed by atoms with van der Waals surface area (Å²) in [6, 6.07) is 38.5. The van der Waals surface area contributed by atoms with Crippen molar-refractivity contribution in [2.24, 2.45) is 10.8 Å². The summed E-state index contributed by atoms with van der Waals surface area (Å²) in [4.78, 5) is 20.0. The van der Waals surface area contributed by atoms with E-state index in [0.29, 0.717) is 0 Å². The minimum atomic E-state index is -0.757. The van der Waals surface area contributed by atoms with Crippen molar-refractivity contribution in [1.29, 1.82) is 0 Å². The molecule has 0 unspecified atom stereocenters. The summed E-state index contributed by atoms with van der Waals surface area (Å²) in [5.74, 6) is -1.51. The van der Waals surface area contributed by atoms with Gasteiger partial charge in [-0.25, -0.2) is 0 Å². The van der Waals surface area contributed by atoms with Crippen LogP contribution in [0.5, 0.6) is 0 Å². The van der Waals surface area contributed by atoms with Crippen LogP contribution in [0.15, 0.2) is 109 Å². The molecule has 0 aromatic heterocycles. The zero-order valence-electron chi connectivity index (χ0n) is 24.6. The number of carbonyl (C=O) groups is 2. The van der Waals surface area contributed by atoms with E-state index >= 15 is 0 Å². The Kier molecular flexibility index (Phi) is 11.6. The van der Waals surface area contributed by atoms with Crippen molar-refractivity contribution in [2.45, 2.75) is 41.5 Å². The Morgan fingerprint density at radius 1 is 0.463 bits per heavy atom. The first kappa shape index (κ1) is 33.5. The molecule has 4 nitrogen and oxygen atoms in total. The van der Waals surface area contributed by atoms with Crippen molar-refractivity contribution in [2.75, 3.05) is 0 Å². The van der Waals surface area contributed by atoms with E-state index in [9.17, 15) is 9.59 Å². The van der Waals surface area contributed by atoms with Gasteiger partial charge in [-0.2, -0.15) is 0 Å². The average molecular weight is 583 g/mol. The fourth-order valence-electron chi connectivity index (χ4n) is 3.81. The maximum absolute atomic E-state index is 10.0. The number of aliphatic carboxylic acids is 2. The molecule has 5 heteroatoms. The average Bonchev–Trinajstić information content (AvgIpc) is 3.47. The summed E-state index contributed by atoms with van der Waals surface area (Å²) in [6.45, 7) is 9.97. The maximum Gasteiger partial charge on any atom is 2.00 e. The molecule has 0 spiro atoms. The molecule has 0 aliphatic rings. The number of fused-ring (bicyclic) bond motifs is 6. The van der Waals surface area contributed by atoms with E-state index in [0.717, 1.165) is 0 Å². The topological polar surface area (TPSA) is 74.6 Å². The molecular formula is C36H38O4Ti. The molecular weight excluding hydrogens is 544 g/mol. The standard InChI is InChI=1S/2C13H9.2C5H10O2.Ti/c2*1-3-7-12-10(5-1)9-11-6-2-4-8-13(11)12;2*1-5(2,3)4(6)7;/h2*1-9H;2*1-3H3,(H,6,7);/q2*-1;;;+2. The number of hydrogen-bond donors (Lipinski definition) is 2. The fourth-order valence-corrected chi connectivity index (χ4v) is 3.81. The van der Waals surface area contributed by atoms with Gasteiger partial charge < -0.3 is 10.2 Å². The van der Waals surface area contributed by atoms with Gasteiger partial charge in [0.15, 0.2) is 0 Å². The molecule has 41 heavy (non-hydrogen) atoms. The molecule has 0 fully saturated rings. The summed E-state index contributed by atoms with van der Waals surface area (Å²) in [7, 11) is 0. The summed E-state index contributed by atoms with van der Waals surface area (Å²) >= 11 is 0. The quantitative estimate of drug-likeness (QED) is 0.138. The van der Waals surface area contributed by atoms with Gasteiger partial charge >= 0.3 is 33.7 Å². The Morgan fingerprint density at radius 2 is 0.634 bits per heavy atom. The van der Waals surface area contributed by atoms with E-state index in [1.807, 2.05) is 0 Å². The second-order valence-corrected chi connectivity index (χ2v) is 11.7. The molecule has 0 aliphatic carbocycles. The van der Waals surface area contributed by atoms with Gasteiger partial charge in [-0.1, -0.05) is 72.8 Å². The summed E-state index contributed by atoms with van der Waals surface area (Å²) in [5.41, 5.74) is -1.17. The summed E-state index contributed by atoms with van der Waals surface area (Å²) < 4.78 is 0. The molecule has 210 valence electrons. The molecule has 0 aliphatic heterocycles. The van der Waals surface area contributed by atoms with Gasteiger partial charge in [-0.3, -0.25) is 9.59 Å². The normalized spacial score (nSPS) is 10.9. The van der Waals surface area contributed by atoms with E-state index in [1.54, 1.807) is 41.5 Å². The Hall–Kier alpha value is -3.73. The van der Waals surface area contributed by atoms with Crippen molar-refractivity contribution in [3.8, 4) is 0 Å². The van der Waals surface area contributed by atoms with Crippen LogP contribution in [0.1, 0.15) is 41.5 Å². The molecule has 0 saturated heterocycles. The molecule has 6 rings (SSSR count). The van der Waals surface area contributed by atoms with Gasteiger partial charge in [0.05, 0.1) is 10.8 Å². The van der Waals surface area contributed by atoms with Gasteiger partial charge in [0.1, 0.15) is 0 Å². The van der Waals surface area contributed by atoms with Crippen LogP contribution in [0.3, 0.4) is 0 Å².